The van der Waals surface area contributed by atoms with Gasteiger partial charge in [-0.05, 0) is 43.2 Å². The van der Waals surface area contributed by atoms with Gasteiger partial charge in [-0.15, -0.1) is 0 Å². The third-order valence-electron chi connectivity index (χ3n) is 3.00. The van der Waals surface area contributed by atoms with E-state index in [1.54, 1.807) is 7.11 Å². The highest BCUT2D eigenvalue weighted by Crippen LogP contribution is 2.25. The number of urea groups is 1. The van der Waals surface area contributed by atoms with E-state index in [1.807, 2.05) is 56.3 Å². The third-order valence-corrected chi connectivity index (χ3v) is 3.00. The molecule has 0 aliphatic heterocycles. The van der Waals surface area contributed by atoms with Crippen LogP contribution in [0.2, 0.25) is 0 Å². The maximum absolute atomic E-state index is 12.0. The summed E-state index contributed by atoms with van der Waals surface area (Å²) in [6.45, 7) is 3.92. The minimum atomic E-state index is -0.290. The van der Waals surface area contributed by atoms with E-state index in [0.29, 0.717) is 11.4 Å². The normalized spacial score (nSPS) is 9.95. The summed E-state index contributed by atoms with van der Waals surface area (Å²) in [5.41, 5.74) is 3.52. The van der Waals surface area contributed by atoms with Gasteiger partial charge in [-0.3, -0.25) is 0 Å². The molecule has 0 aliphatic rings. The predicted molar refractivity (Wildman–Crippen MR) is 81.6 cm³/mol. The van der Waals surface area contributed by atoms with Gasteiger partial charge in [0, 0.05) is 5.69 Å². The highest BCUT2D eigenvalue weighted by atomic mass is 16.5. The summed E-state index contributed by atoms with van der Waals surface area (Å²) in [6, 6.07) is 13.0. The van der Waals surface area contributed by atoms with Crippen LogP contribution >= 0.6 is 0 Å². The van der Waals surface area contributed by atoms with Gasteiger partial charge in [0.2, 0.25) is 0 Å². The number of anilines is 2. The molecule has 2 aromatic rings. The number of ether oxygens (including phenoxy) is 1. The molecule has 0 unspecified atom stereocenters. The molecule has 0 fully saturated rings. The van der Waals surface area contributed by atoms with Crippen molar-refractivity contribution in [3.63, 3.8) is 0 Å². The van der Waals surface area contributed by atoms with Gasteiger partial charge in [-0.1, -0.05) is 24.3 Å². The molecule has 4 nitrogen and oxygen atoms in total. The molecule has 0 radical (unpaired) electrons. The second-order valence-corrected chi connectivity index (χ2v) is 4.60. The van der Waals surface area contributed by atoms with Gasteiger partial charge in [-0.25, -0.2) is 4.79 Å². The number of carbonyl (C=O) groups excluding carboxylic acids is 1. The maximum Gasteiger partial charge on any atom is 0.323 e. The van der Waals surface area contributed by atoms with E-state index in [1.165, 1.54) is 0 Å². The first-order valence-corrected chi connectivity index (χ1v) is 6.38. The first-order chi connectivity index (χ1) is 9.60. The van der Waals surface area contributed by atoms with Crippen LogP contribution in [0, 0.1) is 13.8 Å². The fourth-order valence-electron chi connectivity index (χ4n) is 1.89. The van der Waals surface area contributed by atoms with Crippen LogP contribution in [0.15, 0.2) is 42.5 Å². The summed E-state index contributed by atoms with van der Waals surface area (Å²) < 4.78 is 5.26. The van der Waals surface area contributed by atoms with Crippen molar-refractivity contribution in [1.82, 2.24) is 0 Å². The van der Waals surface area contributed by atoms with E-state index < -0.39 is 0 Å². The van der Waals surface area contributed by atoms with Crippen molar-refractivity contribution in [3.05, 3.63) is 53.6 Å². The lowest BCUT2D eigenvalue weighted by molar-refractivity contribution is 0.262. The van der Waals surface area contributed by atoms with Crippen LogP contribution in [0.1, 0.15) is 11.1 Å². The number of rotatable bonds is 3. The van der Waals surface area contributed by atoms with Crippen LogP contribution in [0.5, 0.6) is 5.75 Å². The number of hydrogen-bond acceptors (Lipinski definition) is 2. The van der Waals surface area contributed by atoms with E-state index >= 15 is 0 Å². The monoisotopic (exact) mass is 270 g/mol. The number of amides is 2. The van der Waals surface area contributed by atoms with Gasteiger partial charge < -0.3 is 15.4 Å². The minimum Gasteiger partial charge on any atom is -0.495 e. The zero-order chi connectivity index (χ0) is 14.5. The lowest BCUT2D eigenvalue weighted by Crippen LogP contribution is -2.20. The van der Waals surface area contributed by atoms with E-state index in [-0.39, 0.29) is 6.03 Å². The van der Waals surface area contributed by atoms with Gasteiger partial charge in [0.05, 0.1) is 12.8 Å². The summed E-state index contributed by atoms with van der Waals surface area (Å²) in [7, 11) is 1.58. The standard InChI is InChI=1S/C16H18N2O2/c1-11-8-9-14(15(10-11)20-3)18-16(19)17-13-7-5-4-6-12(13)2/h4-10H,1-3H3,(H2,17,18,19). The van der Waals surface area contributed by atoms with E-state index in [4.69, 9.17) is 4.74 Å². The zero-order valence-corrected chi connectivity index (χ0v) is 11.9. The Hall–Kier alpha value is -2.49. The van der Waals surface area contributed by atoms with Gasteiger partial charge in [0.25, 0.3) is 0 Å². The number of aryl methyl sites for hydroxylation is 2. The molecular weight excluding hydrogens is 252 g/mol. The molecule has 104 valence electrons. The molecular formula is C16H18N2O2. The molecule has 0 aromatic heterocycles. The quantitative estimate of drug-likeness (QED) is 0.887. The smallest absolute Gasteiger partial charge is 0.323 e. The number of benzene rings is 2. The number of nitrogens with one attached hydrogen (secondary N) is 2. The van der Waals surface area contributed by atoms with E-state index in [0.717, 1.165) is 16.8 Å². The van der Waals surface area contributed by atoms with Crippen LogP contribution in [0.3, 0.4) is 0 Å². The zero-order valence-electron chi connectivity index (χ0n) is 11.9. The Labute approximate surface area is 118 Å². The molecule has 0 atom stereocenters. The number of para-hydroxylation sites is 1. The van der Waals surface area contributed by atoms with Crippen LogP contribution in [0.4, 0.5) is 16.2 Å². The van der Waals surface area contributed by atoms with Crippen molar-refractivity contribution < 1.29 is 9.53 Å². The van der Waals surface area contributed by atoms with Crippen molar-refractivity contribution in [1.29, 1.82) is 0 Å². The molecule has 0 bridgehead atoms. The largest absolute Gasteiger partial charge is 0.495 e. The van der Waals surface area contributed by atoms with Crippen LogP contribution in [0.25, 0.3) is 0 Å². The topological polar surface area (TPSA) is 50.4 Å². The fourth-order valence-corrected chi connectivity index (χ4v) is 1.89. The summed E-state index contributed by atoms with van der Waals surface area (Å²) in [4.78, 5) is 12.0. The molecule has 2 aromatic carbocycles. The Kier molecular flexibility index (Phi) is 4.25. The number of carbonyl (C=O) groups is 1. The molecule has 0 saturated heterocycles. The maximum atomic E-state index is 12.0. The average Bonchev–Trinajstić information content (AvgIpc) is 2.43. The van der Waals surface area contributed by atoms with Crippen molar-refractivity contribution >= 4 is 17.4 Å². The highest BCUT2D eigenvalue weighted by Gasteiger charge is 2.08. The minimum absolute atomic E-state index is 0.290. The molecule has 0 heterocycles. The fraction of sp³-hybridized carbons (Fsp3) is 0.188. The van der Waals surface area contributed by atoms with Crippen molar-refractivity contribution in [2.75, 3.05) is 17.7 Å². The molecule has 0 aliphatic carbocycles. The molecule has 0 saturated carbocycles. The van der Waals surface area contributed by atoms with Crippen molar-refractivity contribution in [2.45, 2.75) is 13.8 Å². The van der Waals surface area contributed by atoms with Gasteiger partial charge in [0.1, 0.15) is 5.75 Å². The average molecular weight is 270 g/mol. The Morgan fingerprint density at radius 1 is 1.00 bits per heavy atom. The van der Waals surface area contributed by atoms with Gasteiger partial charge >= 0.3 is 6.03 Å². The summed E-state index contributed by atoms with van der Waals surface area (Å²) >= 11 is 0. The Morgan fingerprint density at radius 2 is 1.70 bits per heavy atom. The van der Waals surface area contributed by atoms with Crippen molar-refractivity contribution in [3.8, 4) is 5.75 Å². The Bertz CT molecular complexity index is 624. The lowest BCUT2D eigenvalue weighted by Gasteiger charge is -2.12. The number of hydrogen-bond donors (Lipinski definition) is 2. The second kappa shape index (κ2) is 6.10. The molecule has 20 heavy (non-hydrogen) atoms. The molecule has 0 spiro atoms. The predicted octanol–water partition coefficient (Wildman–Crippen LogP) is 3.96. The van der Waals surface area contributed by atoms with E-state index in [9.17, 15) is 4.79 Å². The Balaban J connectivity index is 2.11. The van der Waals surface area contributed by atoms with Gasteiger partial charge in [-0.2, -0.15) is 0 Å². The first-order valence-electron chi connectivity index (χ1n) is 6.38. The molecule has 2 N–H and O–H groups in total. The van der Waals surface area contributed by atoms with Crippen LogP contribution in [-0.2, 0) is 0 Å². The lowest BCUT2D eigenvalue weighted by atomic mass is 10.2. The molecule has 4 heteroatoms. The highest BCUT2D eigenvalue weighted by molar-refractivity contribution is 6.01. The Morgan fingerprint density at radius 3 is 2.40 bits per heavy atom. The third kappa shape index (κ3) is 3.29. The van der Waals surface area contributed by atoms with Gasteiger partial charge in [0.15, 0.2) is 0 Å². The van der Waals surface area contributed by atoms with Crippen molar-refractivity contribution in [2.24, 2.45) is 0 Å². The summed E-state index contributed by atoms with van der Waals surface area (Å²) in [5, 5.41) is 5.61. The number of methoxy groups -OCH3 is 1. The summed E-state index contributed by atoms with van der Waals surface area (Å²) in [6.07, 6.45) is 0. The van der Waals surface area contributed by atoms with Crippen LogP contribution in [-0.4, -0.2) is 13.1 Å². The van der Waals surface area contributed by atoms with E-state index in [2.05, 4.69) is 10.6 Å². The SMILES string of the molecule is COc1cc(C)ccc1NC(=O)Nc1ccccc1C. The van der Waals surface area contributed by atoms with Crippen LogP contribution < -0.4 is 15.4 Å². The summed E-state index contributed by atoms with van der Waals surface area (Å²) in [5.74, 6) is 0.643. The molecule has 2 rings (SSSR count). The molecule has 2 amide bonds. The second-order valence-electron chi connectivity index (χ2n) is 4.60. The first kappa shape index (κ1) is 13.9.